The van der Waals surface area contributed by atoms with Gasteiger partial charge in [0.1, 0.15) is 10.6 Å². The second kappa shape index (κ2) is 8.67. The number of allylic oxidation sites excluding steroid dienone is 2. The lowest BCUT2D eigenvalue weighted by atomic mass is 10.1. The number of carbonyl (C=O) groups excluding carboxylic acids is 1. The average Bonchev–Trinajstić information content (AvgIpc) is 3.16. The van der Waals surface area contributed by atoms with Crippen molar-refractivity contribution in [1.82, 2.24) is 0 Å². The molecule has 0 bridgehead atoms. The molecule has 2 aromatic carbocycles. The minimum atomic E-state index is -3.98. The molecule has 6 nitrogen and oxygen atoms in total. The Bertz CT molecular complexity index is 1010. The number of anilines is 2. The molecular weight excluding hydrogens is 400 g/mol. The normalized spacial score (nSPS) is 16.0. The van der Waals surface area contributed by atoms with Crippen LogP contribution in [0.4, 0.5) is 11.4 Å². The van der Waals surface area contributed by atoms with E-state index in [1.54, 1.807) is 30.3 Å². The molecule has 0 radical (unpaired) electrons. The van der Waals surface area contributed by atoms with Gasteiger partial charge in [-0.15, -0.1) is 0 Å². The summed E-state index contributed by atoms with van der Waals surface area (Å²) in [5.74, 6) is 0.226. The van der Waals surface area contributed by atoms with Gasteiger partial charge < -0.3 is 10.1 Å². The molecule has 0 saturated carbocycles. The standard InChI is InChI=1S/C20H21ClN2O4S/c1-27-18-11-10-15(22-20(24)12-14-6-2-3-7-14)13-19(18)28(25,26)23-17-9-5-4-8-16(17)21/h2,4-6,8-11,13-14,23H,3,7,12H2,1H3,(H,22,24)/t14-/m1/s1. The highest BCUT2D eigenvalue weighted by atomic mass is 35.5. The van der Waals surface area contributed by atoms with E-state index >= 15 is 0 Å². The molecule has 2 aromatic rings. The topological polar surface area (TPSA) is 84.5 Å². The van der Waals surface area contributed by atoms with Gasteiger partial charge in [0.2, 0.25) is 5.91 Å². The molecule has 1 amide bonds. The summed E-state index contributed by atoms with van der Waals surface area (Å²) < 4.78 is 33.4. The zero-order valence-electron chi connectivity index (χ0n) is 15.3. The third-order valence-electron chi connectivity index (χ3n) is 4.42. The maximum atomic E-state index is 12.9. The molecule has 0 fully saturated rings. The molecule has 0 aromatic heterocycles. The van der Waals surface area contributed by atoms with E-state index < -0.39 is 10.0 Å². The van der Waals surface area contributed by atoms with Crippen LogP contribution in [-0.4, -0.2) is 21.4 Å². The molecule has 0 unspecified atom stereocenters. The number of methoxy groups -OCH3 is 1. The van der Waals surface area contributed by atoms with Gasteiger partial charge in [0.25, 0.3) is 10.0 Å². The van der Waals surface area contributed by atoms with E-state index in [1.807, 2.05) is 6.08 Å². The van der Waals surface area contributed by atoms with E-state index in [2.05, 4.69) is 16.1 Å². The Hall–Kier alpha value is -2.51. The number of benzene rings is 2. The van der Waals surface area contributed by atoms with E-state index in [4.69, 9.17) is 16.3 Å². The molecule has 2 N–H and O–H groups in total. The van der Waals surface area contributed by atoms with E-state index in [1.165, 1.54) is 19.2 Å². The Morgan fingerprint density at radius 1 is 1.25 bits per heavy atom. The first-order chi connectivity index (χ1) is 13.4. The van der Waals surface area contributed by atoms with E-state index in [-0.39, 0.29) is 33.2 Å². The Kier molecular flexibility index (Phi) is 6.26. The van der Waals surface area contributed by atoms with Crippen LogP contribution in [0.2, 0.25) is 5.02 Å². The quantitative estimate of drug-likeness (QED) is 0.648. The van der Waals surface area contributed by atoms with Gasteiger partial charge in [-0.1, -0.05) is 35.9 Å². The number of amides is 1. The number of sulfonamides is 1. The van der Waals surface area contributed by atoms with Gasteiger partial charge in [0, 0.05) is 12.1 Å². The van der Waals surface area contributed by atoms with Crippen LogP contribution in [0.25, 0.3) is 0 Å². The summed E-state index contributed by atoms with van der Waals surface area (Å²) in [6, 6.07) is 11.0. The van der Waals surface area contributed by atoms with Crippen molar-refractivity contribution in [2.24, 2.45) is 5.92 Å². The summed E-state index contributed by atoms with van der Waals surface area (Å²) in [4.78, 5) is 12.2. The zero-order chi connectivity index (χ0) is 20.1. The van der Waals surface area contributed by atoms with Crippen LogP contribution in [0.1, 0.15) is 19.3 Å². The Morgan fingerprint density at radius 2 is 2.04 bits per heavy atom. The fraction of sp³-hybridized carbons (Fsp3) is 0.250. The van der Waals surface area contributed by atoms with E-state index in [0.29, 0.717) is 12.1 Å². The first-order valence-electron chi connectivity index (χ1n) is 8.81. The van der Waals surface area contributed by atoms with Crippen LogP contribution in [0.15, 0.2) is 59.5 Å². The highest BCUT2D eigenvalue weighted by Gasteiger charge is 2.22. The predicted molar refractivity (Wildman–Crippen MR) is 110 cm³/mol. The Morgan fingerprint density at radius 3 is 2.71 bits per heavy atom. The summed E-state index contributed by atoms with van der Waals surface area (Å²) in [6.45, 7) is 0. The largest absolute Gasteiger partial charge is 0.495 e. The molecule has 0 heterocycles. The lowest BCUT2D eigenvalue weighted by Gasteiger charge is -2.15. The molecule has 0 saturated heterocycles. The molecular formula is C20H21ClN2O4S. The smallest absolute Gasteiger partial charge is 0.265 e. The summed E-state index contributed by atoms with van der Waals surface area (Å²) in [6.07, 6.45) is 6.41. The third kappa shape index (κ3) is 4.85. The predicted octanol–water partition coefficient (Wildman–Crippen LogP) is 4.44. The second-order valence-electron chi connectivity index (χ2n) is 6.47. The molecule has 28 heavy (non-hydrogen) atoms. The summed E-state index contributed by atoms with van der Waals surface area (Å²) >= 11 is 6.05. The Balaban J connectivity index is 1.83. The number of carbonyl (C=O) groups is 1. The fourth-order valence-electron chi connectivity index (χ4n) is 3.02. The van der Waals surface area contributed by atoms with Gasteiger partial charge in [-0.05, 0) is 49.1 Å². The van der Waals surface area contributed by atoms with Gasteiger partial charge in [-0.25, -0.2) is 8.42 Å². The lowest BCUT2D eigenvalue weighted by Crippen LogP contribution is -2.17. The zero-order valence-corrected chi connectivity index (χ0v) is 16.9. The van der Waals surface area contributed by atoms with Crippen LogP contribution in [-0.2, 0) is 14.8 Å². The first kappa shape index (κ1) is 20.2. The molecule has 3 rings (SSSR count). The molecule has 148 valence electrons. The van der Waals surface area contributed by atoms with Gasteiger partial charge in [0.05, 0.1) is 17.8 Å². The van der Waals surface area contributed by atoms with Crippen molar-refractivity contribution in [3.8, 4) is 5.75 Å². The molecule has 8 heteroatoms. The summed E-state index contributed by atoms with van der Waals surface area (Å²) in [7, 11) is -2.60. The van der Waals surface area contributed by atoms with Gasteiger partial charge in [0.15, 0.2) is 0 Å². The third-order valence-corrected chi connectivity index (χ3v) is 6.13. The van der Waals surface area contributed by atoms with Crippen LogP contribution in [0, 0.1) is 5.92 Å². The average molecular weight is 421 g/mol. The first-order valence-corrected chi connectivity index (χ1v) is 10.7. The fourth-order valence-corrected chi connectivity index (χ4v) is 4.54. The number of hydrogen-bond donors (Lipinski definition) is 2. The van der Waals surface area contributed by atoms with Gasteiger partial charge >= 0.3 is 0 Å². The highest BCUT2D eigenvalue weighted by Crippen LogP contribution is 2.31. The van der Waals surface area contributed by atoms with Crippen molar-refractivity contribution in [3.05, 3.63) is 59.6 Å². The number of rotatable bonds is 7. The highest BCUT2D eigenvalue weighted by molar-refractivity contribution is 7.92. The van der Waals surface area contributed by atoms with Crippen molar-refractivity contribution in [3.63, 3.8) is 0 Å². The minimum Gasteiger partial charge on any atom is -0.495 e. The maximum absolute atomic E-state index is 12.9. The lowest BCUT2D eigenvalue weighted by molar-refractivity contribution is -0.116. The monoisotopic (exact) mass is 420 g/mol. The molecule has 1 atom stereocenters. The van der Waals surface area contributed by atoms with Gasteiger partial charge in [-0.2, -0.15) is 0 Å². The van der Waals surface area contributed by atoms with Gasteiger partial charge in [-0.3, -0.25) is 9.52 Å². The SMILES string of the molecule is COc1ccc(NC(=O)C[C@@H]2C=CCC2)cc1S(=O)(=O)Nc1ccccc1Cl. The van der Waals surface area contributed by atoms with Crippen molar-refractivity contribution >= 4 is 38.9 Å². The Labute approximate surface area is 169 Å². The molecule has 0 spiro atoms. The van der Waals surface area contributed by atoms with Crippen LogP contribution >= 0.6 is 11.6 Å². The summed E-state index contributed by atoms with van der Waals surface area (Å²) in [5, 5.41) is 3.04. The van der Waals surface area contributed by atoms with Crippen molar-refractivity contribution in [2.45, 2.75) is 24.2 Å². The molecule has 0 aliphatic heterocycles. The number of ether oxygens (including phenoxy) is 1. The number of hydrogen-bond acceptors (Lipinski definition) is 4. The van der Waals surface area contributed by atoms with Crippen molar-refractivity contribution < 1.29 is 17.9 Å². The maximum Gasteiger partial charge on any atom is 0.265 e. The van der Waals surface area contributed by atoms with E-state index in [0.717, 1.165) is 12.8 Å². The van der Waals surface area contributed by atoms with Crippen molar-refractivity contribution in [1.29, 1.82) is 0 Å². The second-order valence-corrected chi connectivity index (χ2v) is 8.53. The van der Waals surface area contributed by atoms with Crippen LogP contribution in [0.3, 0.4) is 0 Å². The number of halogens is 1. The number of nitrogens with one attached hydrogen (secondary N) is 2. The number of para-hydroxylation sites is 1. The summed E-state index contributed by atoms with van der Waals surface area (Å²) in [5.41, 5.74) is 0.640. The molecule has 1 aliphatic rings. The molecule has 1 aliphatic carbocycles. The van der Waals surface area contributed by atoms with Crippen molar-refractivity contribution in [2.75, 3.05) is 17.1 Å². The van der Waals surface area contributed by atoms with Crippen LogP contribution < -0.4 is 14.8 Å². The van der Waals surface area contributed by atoms with Crippen LogP contribution in [0.5, 0.6) is 5.75 Å². The van der Waals surface area contributed by atoms with E-state index in [9.17, 15) is 13.2 Å². The minimum absolute atomic E-state index is 0.0894.